The molecule has 3 aromatic rings. The summed E-state index contributed by atoms with van der Waals surface area (Å²) in [6, 6.07) is 8.63. The second-order valence-corrected chi connectivity index (χ2v) is 5.52. The third kappa shape index (κ3) is 2.12. The van der Waals surface area contributed by atoms with Gasteiger partial charge in [0.15, 0.2) is 5.82 Å². The average Bonchev–Trinajstić information content (AvgIpc) is 3.05. The lowest BCUT2D eigenvalue weighted by Crippen LogP contribution is -2.08. The largest absolute Gasteiger partial charge is 0.231 e. The van der Waals surface area contributed by atoms with Crippen LogP contribution < -0.4 is 0 Å². The quantitative estimate of drug-likeness (QED) is 0.738. The lowest BCUT2D eigenvalue weighted by atomic mass is 9.79. The maximum atomic E-state index is 4.27. The Morgan fingerprint density at radius 2 is 2.10 bits per heavy atom. The molecular formula is C15H16N6. The second-order valence-electron chi connectivity index (χ2n) is 5.52. The fraction of sp³-hybridized carbons (Fsp3) is 0.333. The molecule has 2 heterocycles. The molecule has 0 aliphatic heterocycles. The van der Waals surface area contributed by atoms with Crippen LogP contribution in [0.15, 0.2) is 36.7 Å². The first-order valence-corrected chi connectivity index (χ1v) is 7.19. The summed E-state index contributed by atoms with van der Waals surface area (Å²) in [4.78, 5) is 0. The number of benzene rings is 1. The fourth-order valence-electron chi connectivity index (χ4n) is 2.69. The van der Waals surface area contributed by atoms with Crippen molar-refractivity contribution in [3.63, 3.8) is 0 Å². The molecule has 2 aromatic heterocycles. The fourth-order valence-corrected chi connectivity index (χ4v) is 2.69. The lowest BCUT2D eigenvalue weighted by Gasteiger charge is -2.25. The molecule has 0 spiro atoms. The Kier molecular flexibility index (Phi) is 2.80. The van der Waals surface area contributed by atoms with E-state index in [0.29, 0.717) is 0 Å². The molecule has 0 amide bonds. The van der Waals surface area contributed by atoms with Gasteiger partial charge in [0.25, 0.3) is 0 Å². The summed E-state index contributed by atoms with van der Waals surface area (Å²) in [7, 11) is 1.83. The van der Waals surface area contributed by atoms with Gasteiger partial charge in [-0.2, -0.15) is 0 Å². The van der Waals surface area contributed by atoms with Gasteiger partial charge in [-0.05, 0) is 30.4 Å². The van der Waals surface area contributed by atoms with Gasteiger partial charge in [-0.3, -0.25) is 0 Å². The minimum atomic E-state index is 0.723. The van der Waals surface area contributed by atoms with E-state index in [4.69, 9.17) is 0 Å². The van der Waals surface area contributed by atoms with Crippen molar-refractivity contribution in [1.29, 1.82) is 0 Å². The van der Waals surface area contributed by atoms with Crippen molar-refractivity contribution in [2.45, 2.75) is 25.2 Å². The molecule has 1 aromatic carbocycles. The molecule has 0 atom stereocenters. The monoisotopic (exact) mass is 280 g/mol. The molecule has 1 aliphatic rings. The summed E-state index contributed by atoms with van der Waals surface area (Å²) < 4.78 is 3.37. The van der Waals surface area contributed by atoms with Crippen molar-refractivity contribution in [2.75, 3.05) is 0 Å². The third-order valence-electron chi connectivity index (χ3n) is 4.18. The molecule has 106 valence electrons. The van der Waals surface area contributed by atoms with E-state index < -0.39 is 0 Å². The number of hydrogen-bond acceptors (Lipinski definition) is 4. The van der Waals surface area contributed by atoms with Crippen molar-refractivity contribution in [3.05, 3.63) is 42.2 Å². The molecular weight excluding hydrogens is 264 g/mol. The van der Waals surface area contributed by atoms with Crippen LogP contribution in [0.25, 0.3) is 17.1 Å². The zero-order chi connectivity index (χ0) is 14.2. The molecule has 0 saturated heterocycles. The van der Waals surface area contributed by atoms with Gasteiger partial charge in [-0.1, -0.05) is 35.0 Å². The van der Waals surface area contributed by atoms with E-state index in [1.165, 1.54) is 24.8 Å². The van der Waals surface area contributed by atoms with E-state index in [1.807, 2.05) is 13.2 Å². The molecule has 0 radical (unpaired) electrons. The highest BCUT2D eigenvalue weighted by Gasteiger charge is 2.20. The Morgan fingerprint density at radius 3 is 2.81 bits per heavy atom. The number of nitrogens with zero attached hydrogens (tertiary/aromatic N) is 6. The van der Waals surface area contributed by atoms with Crippen molar-refractivity contribution in [1.82, 2.24) is 30.0 Å². The van der Waals surface area contributed by atoms with Gasteiger partial charge in [0, 0.05) is 12.6 Å². The van der Waals surface area contributed by atoms with Crippen LogP contribution in [0, 0.1) is 0 Å². The Labute approximate surface area is 122 Å². The van der Waals surface area contributed by atoms with E-state index in [0.717, 1.165) is 23.0 Å². The summed E-state index contributed by atoms with van der Waals surface area (Å²) in [6.07, 6.45) is 7.54. The van der Waals surface area contributed by atoms with Crippen LogP contribution in [-0.2, 0) is 7.05 Å². The smallest absolute Gasteiger partial charge is 0.173 e. The zero-order valence-corrected chi connectivity index (χ0v) is 11.8. The summed E-state index contributed by atoms with van der Waals surface area (Å²) >= 11 is 0. The Bertz CT molecular complexity index is 768. The lowest BCUT2D eigenvalue weighted by molar-refractivity contribution is 0.420. The van der Waals surface area contributed by atoms with Crippen LogP contribution in [0.3, 0.4) is 0 Å². The van der Waals surface area contributed by atoms with Crippen molar-refractivity contribution >= 4 is 0 Å². The number of aromatic nitrogens is 6. The van der Waals surface area contributed by atoms with Crippen LogP contribution in [0.4, 0.5) is 0 Å². The molecule has 6 nitrogen and oxygen atoms in total. The molecule has 21 heavy (non-hydrogen) atoms. The number of rotatable bonds is 3. The first kappa shape index (κ1) is 12.3. The molecule has 6 heteroatoms. The van der Waals surface area contributed by atoms with E-state index in [-0.39, 0.29) is 0 Å². The third-order valence-corrected chi connectivity index (χ3v) is 4.18. The topological polar surface area (TPSA) is 61.4 Å². The van der Waals surface area contributed by atoms with Crippen molar-refractivity contribution in [3.8, 4) is 17.1 Å². The van der Waals surface area contributed by atoms with E-state index in [2.05, 4.69) is 44.9 Å². The summed E-state index contributed by atoms with van der Waals surface area (Å²) in [6.45, 7) is 0. The highest BCUT2D eigenvalue weighted by molar-refractivity contribution is 5.59. The van der Waals surface area contributed by atoms with Crippen LogP contribution in [0.1, 0.15) is 30.7 Å². The minimum absolute atomic E-state index is 0.723. The SMILES string of the molecule is Cn1nncc1-n1cc(-c2cccc(C3CCC3)c2)nn1. The zero-order valence-electron chi connectivity index (χ0n) is 11.8. The highest BCUT2D eigenvalue weighted by Crippen LogP contribution is 2.37. The van der Waals surface area contributed by atoms with Crippen LogP contribution in [0.5, 0.6) is 0 Å². The Hall–Kier alpha value is -2.50. The highest BCUT2D eigenvalue weighted by atomic mass is 15.5. The van der Waals surface area contributed by atoms with Crippen LogP contribution in [-0.4, -0.2) is 30.0 Å². The first-order valence-electron chi connectivity index (χ1n) is 7.19. The maximum absolute atomic E-state index is 4.27. The maximum Gasteiger partial charge on any atom is 0.173 e. The van der Waals surface area contributed by atoms with Gasteiger partial charge < -0.3 is 0 Å². The summed E-state index contributed by atoms with van der Waals surface area (Å²) in [5, 5.41) is 16.2. The van der Waals surface area contributed by atoms with E-state index >= 15 is 0 Å². The molecule has 0 N–H and O–H groups in total. The van der Waals surface area contributed by atoms with E-state index in [1.54, 1.807) is 15.6 Å². The normalized spacial score (nSPS) is 15.1. The standard InChI is InChI=1S/C15H16N6/c1-20-15(9-16-18-20)21-10-14(17-19-21)13-7-3-6-12(8-13)11-4-2-5-11/h3,6-11H,2,4-5H2,1H3. The second kappa shape index (κ2) is 4.80. The molecule has 1 aliphatic carbocycles. The predicted octanol–water partition coefficient (Wildman–Crippen LogP) is 2.33. The Balaban J connectivity index is 1.68. The summed E-state index contributed by atoms with van der Waals surface area (Å²) in [5.74, 6) is 1.52. The van der Waals surface area contributed by atoms with Gasteiger partial charge in [0.2, 0.25) is 0 Å². The minimum Gasteiger partial charge on any atom is -0.231 e. The Morgan fingerprint density at radius 1 is 1.19 bits per heavy atom. The van der Waals surface area contributed by atoms with Gasteiger partial charge in [0.05, 0.1) is 12.4 Å². The summed E-state index contributed by atoms with van der Waals surface area (Å²) in [5.41, 5.74) is 3.40. The molecule has 4 rings (SSSR count). The van der Waals surface area contributed by atoms with Gasteiger partial charge in [-0.15, -0.1) is 10.2 Å². The van der Waals surface area contributed by atoms with Crippen LogP contribution in [0.2, 0.25) is 0 Å². The molecule has 0 unspecified atom stereocenters. The molecule has 1 saturated carbocycles. The van der Waals surface area contributed by atoms with Gasteiger partial charge in [-0.25, -0.2) is 9.36 Å². The average molecular weight is 280 g/mol. The van der Waals surface area contributed by atoms with E-state index in [9.17, 15) is 0 Å². The molecule has 0 bridgehead atoms. The van der Waals surface area contributed by atoms with Crippen molar-refractivity contribution in [2.24, 2.45) is 7.05 Å². The number of hydrogen-bond donors (Lipinski definition) is 0. The van der Waals surface area contributed by atoms with Gasteiger partial charge in [0.1, 0.15) is 5.69 Å². The molecule has 1 fully saturated rings. The van der Waals surface area contributed by atoms with Gasteiger partial charge >= 0.3 is 0 Å². The number of aryl methyl sites for hydroxylation is 1. The van der Waals surface area contributed by atoms with Crippen LogP contribution >= 0.6 is 0 Å². The van der Waals surface area contributed by atoms with Crippen molar-refractivity contribution < 1.29 is 0 Å². The predicted molar refractivity (Wildman–Crippen MR) is 77.9 cm³/mol. The first-order chi connectivity index (χ1) is 10.3.